The van der Waals surface area contributed by atoms with Crippen molar-refractivity contribution in [1.29, 1.82) is 0 Å². The summed E-state index contributed by atoms with van der Waals surface area (Å²) in [4.78, 5) is 34.3. The highest BCUT2D eigenvalue weighted by molar-refractivity contribution is 7.99. The first-order valence-electron chi connectivity index (χ1n) is 9.81. The number of amides is 1. The maximum atomic E-state index is 14.0. The van der Waals surface area contributed by atoms with Gasteiger partial charge in [0.05, 0.1) is 30.5 Å². The summed E-state index contributed by atoms with van der Waals surface area (Å²) in [6, 6.07) is 14.6. The molecule has 0 aliphatic rings. The number of halogens is 2. The Balaban J connectivity index is 1.60. The van der Waals surface area contributed by atoms with Crippen molar-refractivity contribution in [2.75, 3.05) is 18.2 Å². The molecule has 0 saturated heterocycles. The maximum Gasteiger partial charge on any atom is 0.263 e. The maximum absolute atomic E-state index is 14.0. The third-order valence-electron chi connectivity index (χ3n) is 4.73. The van der Waals surface area contributed by atoms with E-state index in [1.165, 1.54) is 16.7 Å². The number of carbonyl (C=O) groups excluding carboxylic acids is 1. The zero-order valence-corrected chi connectivity index (χ0v) is 19.0. The molecule has 7 nitrogen and oxygen atoms in total. The van der Waals surface area contributed by atoms with Crippen molar-refractivity contribution < 1.29 is 13.9 Å². The molecule has 0 radical (unpaired) electrons. The fraction of sp³-hybridized carbons (Fsp3) is 0.130. The Morgan fingerprint density at radius 2 is 2.00 bits per heavy atom. The van der Waals surface area contributed by atoms with Crippen LogP contribution in [0.15, 0.2) is 70.7 Å². The number of hydrogen-bond donors (Lipinski definition) is 1. The molecule has 33 heavy (non-hydrogen) atoms. The Morgan fingerprint density at radius 1 is 1.21 bits per heavy atom. The smallest absolute Gasteiger partial charge is 0.263 e. The number of ether oxygens (including phenoxy) is 1. The highest BCUT2D eigenvalue weighted by Crippen LogP contribution is 2.22. The van der Waals surface area contributed by atoms with Crippen molar-refractivity contribution in [3.05, 3.63) is 87.6 Å². The van der Waals surface area contributed by atoms with Crippen LogP contribution in [0.3, 0.4) is 0 Å². The molecule has 10 heteroatoms. The second-order valence-corrected chi connectivity index (χ2v) is 8.35. The number of hydrogen-bond acceptors (Lipinski definition) is 6. The van der Waals surface area contributed by atoms with Crippen LogP contribution in [0.25, 0.3) is 11.0 Å². The lowest BCUT2D eigenvalue weighted by molar-refractivity contribution is -0.113. The molecule has 2 aromatic heterocycles. The first-order valence-corrected chi connectivity index (χ1v) is 11.2. The molecule has 1 N–H and O–H groups in total. The molecule has 2 aromatic carbocycles. The summed E-state index contributed by atoms with van der Waals surface area (Å²) >= 11 is 6.81. The summed E-state index contributed by atoms with van der Waals surface area (Å²) < 4.78 is 20.7. The molecule has 4 aromatic rings. The fourth-order valence-corrected chi connectivity index (χ4v) is 4.05. The average molecular weight is 485 g/mol. The number of anilines is 1. The number of pyridine rings is 1. The van der Waals surface area contributed by atoms with Gasteiger partial charge in [-0.2, -0.15) is 0 Å². The van der Waals surface area contributed by atoms with Gasteiger partial charge in [-0.25, -0.2) is 14.4 Å². The van der Waals surface area contributed by atoms with Gasteiger partial charge in [-0.1, -0.05) is 35.5 Å². The molecule has 4 rings (SSSR count). The van der Waals surface area contributed by atoms with E-state index in [0.29, 0.717) is 21.9 Å². The first kappa shape index (κ1) is 22.8. The summed E-state index contributed by atoms with van der Waals surface area (Å²) in [6.07, 6.45) is 1.55. The Morgan fingerprint density at radius 3 is 2.73 bits per heavy atom. The van der Waals surface area contributed by atoms with Crippen molar-refractivity contribution in [1.82, 2.24) is 14.5 Å². The molecule has 0 aliphatic carbocycles. The van der Waals surface area contributed by atoms with Crippen LogP contribution < -0.4 is 15.6 Å². The van der Waals surface area contributed by atoms with Crippen molar-refractivity contribution in [3.63, 3.8) is 0 Å². The quantitative estimate of drug-likeness (QED) is 0.309. The fourth-order valence-electron chi connectivity index (χ4n) is 3.11. The van der Waals surface area contributed by atoms with Crippen molar-refractivity contribution >= 4 is 46.0 Å². The number of carbonyl (C=O) groups is 1. The van der Waals surface area contributed by atoms with Crippen LogP contribution in [-0.4, -0.2) is 33.3 Å². The average Bonchev–Trinajstić information content (AvgIpc) is 2.82. The summed E-state index contributed by atoms with van der Waals surface area (Å²) in [5.74, 6) is -0.472. The Kier molecular flexibility index (Phi) is 6.90. The zero-order valence-electron chi connectivity index (χ0n) is 17.4. The molecule has 0 unspecified atom stereocenters. The van der Waals surface area contributed by atoms with Gasteiger partial charge in [-0.15, -0.1) is 0 Å². The number of thioether (sulfide) groups is 1. The largest absolute Gasteiger partial charge is 0.497 e. The predicted molar refractivity (Wildman–Crippen MR) is 127 cm³/mol. The monoisotopic (exact) mass is 484 g/mol. The minimum absolute atomic E-state index is 0.0220. The highest BCUT2D eigenvalue weighted by atomic mass is 35.5. The summed E-state index contributed by atoms with van der Waals surface area (Å²) in [5, 5.41) is 3.44. The Bertz CT molecular complexity index is 1380. The van der Waals surface area contributed by atoms with Gasteiger partial charge in [-0.05, 0) is 48.0 Å². The molecule has 0 bridgehead atoms. The van der Waals surface area contributed by atoms with Gasteiger partial charge in [0.25, 0.3) is 5.56 Å². The molecule has 2 heterocycles. The highest BCUT2D eigenvalue weighted by Gasteiger charge is 2.15. The number of nitrogens with zero attached hydrogens (tertiary/aromatic N) is 3. The third-order valence-corrected chi connectivity index (χ3v) is 5.94. The normalized spacial score (nSPS) is 10.9. The molecule has 0 aliphatic heterocycles. The van der Waals surface area contributed by atoms with Crippen LogP contribution in [0, 0.1) is 5.82 Å². The van der Waals surface area contributed by atoms with E-state index in [4.69, 9.17) is 16.3 Å². The molecular weight excluding hydrogens is 467 g/mol. The molecule has 168 valence electrons. The van der Waals surface area contributed by atoms with Crippen molar-refractivity contribution in [3.8, 4) is 5.75 Å². The third kappa shape index (κ3) is 5.32. The number of methoxy groups -OCH3 is 1. The van der Waals surface area contributed by atoms with E-state index >= 15 is 0 Å². The zero-order chi connectivity index (χ0) is 23.4. The van der Waals surface area contributed by atoms with E-state index < -0.39 is 11.7 Å². The molecule has 1 amide bonds. The number of nitrogens with one attached hydrogen (secondary N) is 1. The van der Waals surface area contributed by atoms with Gasteiger partial charge in [0, 0.05) is 11.2 Å². The number of rotatable bonds is 7. The Labute approximate surface area is 197 Å². The lowest BCUT2D eigenvalue weighted by Crippen LogP contribution is -2.25. The summed E-state index contributed by atoms with van der Waals surface area (Å²) in [6.45, 7) is 0.246. The van der Waals surface area contributed by atoms with Crippen LogP contribution >= 0.6 is 23.4 Å². The van der Waals surface area contributed by atoms with E-state index in [1.807, 2.05) is 12.1 Å². The van der Waals surface area contributed by atoms with E-state index in [-0.39, 0.29) is 28.6 Å². The van der Waals surface area contributed by atoms with Crippen LogP contribution in [0.1, 0.15) is 5.56 Å². The number of benzene rings is 2. The molecule has 0 spiro atoms. The summed E-state index contributed by atoms with van der Waals surface area (Å²) in [5.41, 5.74) is 0.905. The predicted octanol–water partition coefficient (Wildman–Crippen LogP) is 4.37. The molecule has 0 saturated carbocycles. The van der Waals surface area contributed by atoms with Crippen LogP contribution in [-0.2, 0) is 11.3 Å². The number of fused-ring (bicyclic) bond motifs is 1. The van der Waals surface area contributed by atoms with Gasteiger partial charge in [0.2, 0.25) is 5.91 Å². The van der Waals surface area contributed by atoms with Crippen LogP contribution in [0.4, 0.5) is 10.1 Å². The second-order valence-electron chi connectivity index (χ2n) is 6.97. The Hall–Kier alpha value is -3.43. The first-order chi connectivity index (χ1) is 15.9. The minimum atomic E-state index is -0.634. The van der Waals surface area contributed by atoms with E-state index in [1.54, 1.807) is 37.6 Å². The van der Waals surface area contributed by atoms with Gasteiger partial charge in [0.1, 0.15) is 11.6 Å². The lowest BCUT2D eigenvalue weighted by Gasteiger charge is -2.13. The minimum Gasteiger partial charge on any atom is -0.497 e. The standard InChI is InChI=1S/C23H18ClFN4O3S/c1-32-16-7-4-14(5-8-16)12-29-22(31)17-3-2-10-26-21(17)28-23(29)33-13-20(30)27-19-9-6-15(24)11-18(19)25/h2-11H,12-13H2,1H3,(H,27,30). The van der Waals surface area contributed by atoms with Gasteiger partial charge in [-0.3, -0.25) is 14.2 Å². The topological polar surface area (TPSA) is 86.1 Å². The number of aromatic nitrogens is 3. The molecule has 0 atom stereocenters. The molecular formula is C23H18ClFN4O3S. The van der Waals surface area contributed by atoms with Crippen molar-refractivity contribution in [2.45, 2.75) is 11.7 Å². The van der Waals surface area contributed by atoms with Gasteiger partial charge in [0.15, 0.2) is 10.8 Å². The van der Waals surface area contributed by atoms with Crippen molar-refractivity contribution in [2.24, 2.45) is 0 Å². The SMILES string of the molecule is COc1ccc(Cn2c(SCC(=O)Nc3ccc(Cl)cc3F)nc3ncccc3c2=O)cc1. The van der Waals surface area contributed by atoms with Gasteiger partial charge >= 0.3 is 0 Å². The van der Waals surface area contributed by atoms with Crippen LogP contribution in [0.2, 0.25) is 5.02 Å². The van der Waals surface area contributed by atoms with Gasteiger partial charge < -0.3 is 10.1 Å². The lowest BCUT2D eigenvalue weighted by atomic mass is 10.2. The van der Waals surface area contributed by atoms with Crippen LogP contribution in [0.5, 0.6) is 5.75 Å². The van der Waals surface area contributed by atoms with E-state index in [2.05, 4.69) is 15.3 Å². The molecule has 0 fully saturated rings. The second kappa shape index (κ2) is 10.0. The van der Waals surface area contributed by atoms with E-state index in [9.17, 15) is 14.0 Å². The van der Waals surface area contributed by atoms with E-state index in [0.717, 1.165) is 23.4 Å². The summed E-state index contributed by atoms with van der Waals surface area (Å²) in [7, 11) is 1.58.